The standard InChI is InChI=1S/C53H43N3O/c1-32(2)45-29-40(36-17-10-7-11-18-36)30-46(33(3)4)51(45)56-50-34(5)54-47-22-13-12-19-43(47)49(50)55-53(56)44-21-14-20-42-41-28-27-39(31-48(41)57-52(42)44)38-25-23-37(24-26-38)35-15-8-6-9-16-35/h6-33H,1-5H3. The highest BCUT2D eigenvalue weighted by Crippen LogP contribution is 2.44. The first-order chi connectivity index (χ1) is 27.8. The highest BCUT2D eigenvalue weighted by atomic mass is 16.3. The average Bonchev–Trinajstić information content (AvgIpc) is 3.83. The predicted molar refractivity (Wildman–Crippen MR) is 238 cm³/mol. The Morgan fingerprint density at radius 2 is 1.05 bits per heavy atom. The first-order valence-corrected chi connectivity index (χ1v) is 20.0. The Morgan fingerprint density at radius 1 is 0.491 bits per heavy atom. The van der Waals surface area contributed by atoms with Crippen molar-refractivity contribution in [3.63, 3.8) is 0 Å². The number of furan rings is 1. The number of aromatic nitrogens is 3. The summed E-state index contributed by atoms with van der Waals surface area (Å²) in [6.07, 6.45) is 0. The van der Waals surface area contributed by atoms with Crippen LogP contribution in [0.25, 0.3) is 94.3 Å². The van der Waals surface area contributed by atoms with Gasteiger partial charge in [-0.15, -0.1) is 0 Å². The number of para-hydroxylation sites is 2. The zero-order valence-electron chi connectivity index (χ0n) is 32.9. The van der Waals surface area contributed by atoms with Crippen LogP contribution in [0.1, 0.15) is 56.4 Å². The summed E-state index contributed by atoms with van der Waals surface area (Å²) in [4.78, 5) is 10.8. The molecule has 0 unspecified atom stereocenters. The molecule has 4 heteroatoms. The molecule has 276 valence electrons. The summed E-state index contributed by atoms with van der Waals surface area (Å²) in [5.74, 6) is 1.33. The third-order valence-electron chi connectivity index (χ3n) is 11.5. The van der Waals surface area contributed by atoms with E-state index in [-0.39, 0.29) is 11.8 Å². The molecule has 0 bridgehead atoms. The second kappa shape index (κ2) is 13.8. The molecule has 0 fully saturated rings. The van der Waals surface area contributed by atoms with E-state index in [0.717, 1.165) is 72.1 Å². The van der Waals surface area contributed by atoms with Crippen LogP contribution in [0.5, 0.6) is 0 Å². The highest BCUT2D eigenvalue weighted by molar-refractivity contribution is 6.11. The van der Waals surface area contributed by atoms with Gasteiger partial charge in [-0.2, -0.15) is 0 Å². The van der Waals surface area contributed by atoms with Crippen LogP contribution >= 0.6 is 0 Å². The zero-order valence-corrected chi connectivity index (χ0v) is 32.9. The molecule has 0 atom stereocenters. The summed E-state index contributed by atoms with van der Waals surface area (Å²) in [5, 5.41) is 3.19. The van der Waals surface area contributed by atoms with Gasteiger partial charge in [0.25, 0.3) is 0 Å². The van der Waals surface area contributed by atoms with Gasteiger partial charge in [0.1, 0.15) is 22.5 Å². The van der Waals surface area contributed by atoms with Gasteiger partial charge < -0.3 is 4.42 Å². The van der Waals surface area contributed by atoms with E-state index in [1.54, 1.807) is 0 Å². The van der Waals surface area contributed by atoms with Gasteiger partial charge in [0, 0.05) is 16.2 Å². The number of fused-ring (bicyclic) bond motifs is 6. The van der Waals surface area contributed by atoms with Gasteiger partial charge in [-0.3, -0.25) is 9.55 Å². The molecule has 3 heterocycles. The van der Waals surface area contributed by atoms with Gasteiger partial charge in [0.15, 0.2) is 0 Å². The lowest BCUT2D eigenvalue weighted by Crippen LogP contribution is -2.10. The Kier molecular flexibility index (Phi) is 8.37. The van der Waals surface area contributed by atoms with Gasteiger partial charge in [-0.1, -0.05) is 149 Å². The van der Waals surface area contributed by atoms with Crippen molar-refractivity contribution in [2.45, 2.75) is 46.5 Å². The van der Waals surface area contributed by atoms with Crippen LogP contribution in [0.2, 0.25) is 0 Å². The fourth-order valence-corrected chi connectivity index (χ4v) is 8.60. The van der Waals surface area contributed by atoms with Crippen LogP contribution in [0.4, 0.5) is 0 Å². The maximum absolute atomic E-state index is 6.96. The molecule has 0 saturated heterocycles. The van der Waals surface area contributed by atoms with Crippen LogP contribution in [0.3, 0.4) is 0 Å². The Morgan fingerprint density at radius 3 is 1.72 bits per heavy atom. The van der Waals surface area contributed by atoms with Crippen LogP contribution in [-0.2, 0) is 0 Å². The molecule has 0 N–H and O–H groups in total. The first-order valence-electron chi connectivity index (χ1n) is 20.0. The molecule has 3 aromatic heterocycles. The molecule has 10 aromatic rings. The minimum atomic E-state index is 0.238. The van der Waals surface area contributed by atoms with Crippen molar-refractivity contribution in [2.24, 2.45) is 0 Å². The van der Waals surface area contributed by atoms with Crippen molar-refractivity contribution in [1.82, 2.24) is 14.5 Å². The molecule has 7 aromatic carbocycles. The quantitative estimate of drug-likeness (QED) is 0.164. The molecule has 4 nitrogen and oxygen atoms in total. The summed E-state index contributed by atoms with van der Waals surface area (Å²) in [5.41, 5.74) is 17.3. The number of pyridine rings is 1. The fraction of sp³-hybridized carbons (Fsp3) is 0.132. The zero-order chi connectivity index (χ0) is 38.8. The van der Waals surface area contributed by atoms with E-state index in [2.05, 4.69) is 197 Å². The number of hydrogen-bond donors (Lipinski definition) is 0. The van der Waals surface area contributed by atoms with E-state index in [0.29, 0.717) is 0 Å². The van der Waals surface area contributed by atoms with Crippen LogP contribution in [0, 0.1) is 6.92 Å². The first kappa shape index (κ1) is 34.7. The Balaban J connectivity index is 1.22. The molecule has 0 amide bonds. The van der Waals surface area contributed by atoms with Crippen molar-refractivity contribution >= 4 is 43.9 Å². The normalized spacial score (nSPS) is 11.9. The highest BCUT2D eigenvalue weighted by Gasteiger charge is 2.27. The van der Waals surface area contributed by atoms with Gasteiger partial charge in [0.2, 0.25) is 0 Å². The second-order valence-corrected chi connectivity index (χ2v) is 15.8. The summed E-state index contributed by atoms with van der Waals surface area (Å²) in [6, 6.07) is 56.2. The number of imidazole rings is 1. The maximum Gasteiger partial charge on any atom is 0.149 e. The van der Waals surface area contributed by atoms with Crippen LogP contribution in [0.15, 0.2) is 162 Å². The molecule has 10 rings (SSSR count). The van der Waals surface area contributed by atoms with Crippen molar-refractivity contribution in [1.29, 1.82) is 0 Å². The van der Waals surface area contributed by atoms with E-state index in [1.807, 2.05) is 0 Å². The largest absolute Gasteiger partial charge is 0.455 e. The number of rotatable bonds is 7. The minimum Gasteiger partial charge on any atom is -0.455 e. The number of nitrogens with zero attached hydrogens (tertiary/aromatic N) is 3. The molecule has 0 aliphatic rings. The molecular weight excluding hydrogens is 695 g/mol. The molecule has 0 saturated carbocycles. The summed E-state index contributed by atoms with van der Waals surface area (Å²) in [7, 11) is 0. The Bertz CT molecular complexity index is 3090. The third-order valence-corrected chi connectivity index (χ3v) is 11.5. The lowest BCUT2D eigenvalue weighted by Gasteiger charge is -2.24. The predicted octanol–water partition coefficient (Wildman–Crippen LogP) is 14.7. The average molecular weight is 738 g/mol. The summed E-state index contributed by atoms with van der Waals surface area (Å²) in [6.45, 7) is 11.3. The Labute approximate surface area is 333 Å². The second-order valence-electron chi connectivity index (χ2n) is 15.8. The SMILES string of the molecule is Cc1nc2ccccc2c2nc(-c3cccc4c3oc3cc(-c5ccc(-c6ccccc6)cc5)ccc34)n(-c3c(C(C)C)cc(-c4ccccc4)cc3C(C)C)c12. The van der Waals surface area contributed by atoms with Crippen molar-refractivity contribution in [3.05, 3.63) is 175 Å². The molecule has 0 aliphatic carbocycles. The molecule has 0 aliphatic heterocycles. The third kappa shape index (κ3) is 5.83. The topological polar surface area (TPSA) is 43.9 Å². The van der Waals surface area contributed by atoms with Crippen molar-refractivity contribution in [2.75, 3.05) is 0 Å². The van der Waals surface area contributed by atoms with E-state index < -0.39 is 0 Å². The molecule has 0 radical (unpaired) electrons. The van der Waals surface area contributed by atoms with Crippen molar-refractivity contribution < 1.29 is 4.42 Å². The van der Waals surface area contributed by atoms with Gasteiger partial charge in [0.05, 0.1) is 28.0 Å². The van der Waals surface area contributed by atoms with E-state index >= 15 is 0 Å². The molecular formula is C53H43N3O. The maximum atomic E-state index is 6.96. The smallest absolute Gasteiger partial charge is 0.149 e. The number of benzene rings is 7. The van der Waals surface area contributed by atoms with Gasteiger partial charge in [-0.05, 0) is 99.7 Å². The van der Waals surface area contributed by atoms with E-state index in [1.165, 1.54) is 39.1 Å². The lowest BCUT2D eigenvalue weighted by molar-refractivity contribution is 0.669. The van der Waals surface area contributed by atoms with Gasteiger partial charge >= 0.3 is 0 Å². The lowest BCUT2D eigenvalue weighted by atomic mass is 9.88. The molecule has 0 spiro atoms. The van der Waals surface area contributed by atoms with Crippen LogP contribution in [-0.4, -0.2) is 14.5 Å². The fourth-order valence-electron chi connectivity index (χ4n) is 8.60. The van der Waals surface area contributed by atoms with Gasteiger partial charge in [-0.25, -0.2) is 4.98 Å². The summed E-state index contributed by atoms with van der Waals surface area (Å²) >= 11 is 0. The monoisotopic (exact) mass is 737 g/mol. The number of hydrogen-bond acceptors (Lipinski definition) is 3. The molecule has 57 heavy (non-hydrogen) atoms. The Hall–Kier alpha value is -6.78. The summed E-state index contributed by atoms with van der Waals surface area (Å²) < 4.78 is 9.37. The van der Waals surface area contributed by atoms with E-state index in [4.69, 9.17) is 14.4 Å². The van der Waals surface area contributed by atoms with Crippen LogP contribution < -0.4 is 0 Å². The van der Waals surface area contributed by atoms with Crippen molar-refractivity contribution in [3.8, 4) is 50.5 Å². The van der Waals surface area contributed by atoms with E-state index in [9.17, 15) is 0 Å². The number of aryl methyl sites for hydroxylation is 1. The minimum absolute atomic E-state index is 0.238.